The third kappa shape index (κ3) is 4.58. The van der Waals surface area contributed by atoms with Gasteiger partial charge in [-0.2, -0.15) is 0 Å². The van der Waals surface area contributed by atoms with Crippen molar-refractivity contribution >= 4 is 17.5 Å². The Morgan fingerprint density at radius 3 is 2.50 bits per heavy atom. The number of ether oxygens (including phenoxy) is 2. The topological polar surface area (TPSA) is 67.9 Å². The SMILES string of the molecule is CCCCNC(=O)C1CCC(=O)N(c2ccc(OC)cc2)C1c1ccccc1OC. The molecule has 1 aliphatic heterocycles. The number of para-hydroxylation sites is 1. The quantitative estimate of drug-likeness (QED) is 0.665. The summed E-state index contributed by atoms with van der Waals surface area (Å²) in [6, 6.07) is 14.5. The normalized spacial score (nSPS) is 18.8. The van der Waals surface area contributed by atoms with Gasteiger partial charge in [-0.3, -0.25) is 9.59 Å². The number of piperidine rings is 1. The van der Waals surface area contributed by atoms with Crippen LogP contribution < -0.4 is 19.7 Å². The van der Waals surface area contributed by atoms with E-state index in [1.807, 2.05) is 48.5 Å². The molecule has 160 valence electrons. The van der Waals surface area contributed by atoms with Gasteiger partial charge in [-0.15, -0.1) is 0 Å². The lowest BCUT2D eigenvalue weighted by Crippen LogP contribution is -2.48. The van der Waals surface area contributed by atoms with Gasteiger partial charge in [-0.25, -0.2) is 0 Å². The van der Waals surface area contributed by atoms with Gasteiger partial charge in [0.15, 0.2) is 0 Å². The fourth-order valence-electron chi connectivity index (χ4n) is 4.00. The number of benzene rings is 2. The highest BCUT2D eigenvalue weighted by molar-refractivity contribution is 5.97. The summed E-state index contributed by atoms with van der Waals surface area (Å²) in [6.45, 7) is 2.73. The molecule has 1 N–H and O–H groups in total. The lowest BCUT2D eigenvalue weighted by atomic mass is 9.82. The van der Waals surface area contributed by atoms with E-state index >= 15 is 0 Å². The highest BCUT2D eigenvalue weighted by Gasteiger charge is 2.42. The molecule has 0 saturated carbocycles. The molecule has 6 nitrogen and oxygen atoms in total. The van der Waals surface area contributed by atoms with Crippen LogP contribution in [0.25, 0.3) is 0 Å². The van der Waals surface area contributed by atoms with Gasteiger partial charge in [0.25, 0.3) is 0 Å². The summed E-state index contributed by atoms with van der Waals surface area (Å²) in [7, 11) is 3.22. The summed E-state index contributed by atoms with van der Waals surface area (Å²) in [4.78, 5) is 28.0. The van der Waals surface area contributed by atoms with Crippen LogP contribution in [0.15, 0.2) is 48.5 Å². The summed E-state index contributed by atoms with van der Waals surface area (Å²) >= 11 is 0. The third-order valence-electron chi connectivity index (χ3n) is 5.57. The first-order valence-corrected chi connectivity index (χ1v) is 10.5. The average molecular weight is 411 g/mol. The Labute approximate surface area is 178 Å². The van der Waals surface area contributed by atoms with Gasteiger partial charge >= 0.3 is 0 Å². The van der Waals surface area contributed by atoms with Crippen molar-refractivity contribution in [3.63, 3.8) is 0 Å². The van der Waals surface area contributed by atoms with Crippen molar-refractivity contribution in [1.29, 1.82) is 0 Å². The molecule has 6 heteroatoms. The molecule has 1 saturated heterocycles. The van der Waals surface area contributed by atoms with Crippen LogP contribution in [0.4, 0.5) is 5.69 Å². The maximum atomic E-state index is 13.1. The predicted octanol–water partition coefficient (Wildman–Crippen LogP) is 4.10. The summed E-state index contributed by atoms with van der Waals surface area (Å²) in [5.41, 5.74) is 1.57. The van der Waals surface area contributed by atoms with Crippen molar-refractivity contribution in [1.82, 2.24) is 5.32 Å². The van der Waals surface area contributed by atoms with Crippen molar-refractivity contribution in [2.45, 2.75) is 38.6 Å². The largest absolute Gasteiger partial charge is 0.497 e. The van der Waals surface area contributed by atoms with Crippen LogP contribution in [0.3, 0.4) is 0 Å². The zero-order valence-corrected chi connectivity index (χ0v) is 17.9. The summed E-state index contributed by atoms with van der Waals surface area (Å²) in [6.07, 6.45) is 2.77. The number of rotatable bonds is 8. The Hall–Kier alpha value is -3.02. The first-order chi connectivity index (χ1) is 14.6. The number of carbonyl (C=O) groups excluding carboxylic acids is 2. The zero-order valence-electron chi connectivity index (χ0n) is 17.9. The van der Waals surface area contributed by atoms with Crippen LogP contribution in [0.5, 0.6) is 11.5 Å². The Balaban J connectivity index is 2.04. The molecule has 0 spiro atoms. The van der Waals surface area contributed by atoms with Gasteiger partial charge < -0.3 is 19.7 Å². The smallest absolute Gasteiger partial charge is 0.227 e. The highest BCUT2D eigenvalue weighted by Crippen LogP contribution is 2.43. The number of hydrogen-bond acceptors (Lipinski definition) is 4. The minimum Gasteiger partial charge on any atom is -0.497 e. The second-order valence-corrected chi connectivity index (χ2v) is 7.44. The van der Waals surface area contributed by atoms with E-state index in [0.29, 0.717) is 30.9 Å². The number of anilines is 1. The molecule has 3 rings (SSSR count). The molecule has 2 aromatic carbocycles. The molecule has 0 radical (unpaired) electrons. The number of amides is 2. The van der Waals surface area contributed by atoms with Crippen LogP contribution in [0.1, 0.15) is 44.2 Å². The van der Waals surface area contributed by atoms with Crippen LogP contribution >= 0.6 is 0 Å². The highest BCUT2D eigenvalue weighted by atomic mass is 16.5. The van der Waals surface area contributed by atoms with E-state index in [4.69, 9.17) is 9.47 Å². The Bertz CT molecular complexity index is 866. The molecule has 30 heavy (non-hydrogen) atoms. The van der Waals surface area contributed by atoms with Gasteiger partial charge in [0.05, 0.1) is 26.2 Å². The minimum absolute atomic E-state index is 0.00585. The molecule has 2 amide bonds. The molecule has 2 unspecified atom stereocenters. The Kier molecular flexibility index (Phi) is 7.33. The molecule has 0 aromatic heterocycles. The van der Waals surface area contributed by atoms with Gasteiger partial charge in [0.1, 0.15) is 11.5 Å². The van der Waals surface area contributed by atoms with Crippen molar-refractivity contribution in [3.05, 3.63) is 54.1 Å². The molecule has 0 aliphatic carbocycles. The number of nitrogens with zero attached hydrogens (tertiary/aromatic N) is 1. The van der Waals surface area contributed by atoms with Gasteiger partial charge in [-0.05, 0) is 43.2 Å². The van der Waals surface area contributed by atoms with Crippen molar-refractivity contribution in [3.8, 4) is 11.5 Å². The number of nitrogens with one attached hydrogen (secondary N) is 1. The van der Waals surface area contributed by atoms with E-state index in [0.717, 1.165) is 24.1 Å². The van der Waals surface area contributed by atoms with Gasteiger partial charge in [0, 0.05) is 24.2 Å². The molecule has 1 heterocycles. The Morgan fingerprint density at radius 2 is 1.83 bits per heavy atom. The summed E-state index contributed by atoms with van der Waals surface area (Å²) in [5, 5.41) is 3.06. The second kappa shape index (κ2) is 10.1. The number of hydrogen-bond donors (Lipinski definition) is 1. The van der Waals surface area contributed by atoms with Crippen LogP contribution in [0.2, 0.25) is 0 Å². The molecule has 1 fully saturated rings. The van der Waals surface area contributed by atoms with Crippen LogP contribution in [-0.4, -0.2) is 32.6 Å². The number of carbonyl (C=O) groups is 2. The van der Waals surface area contributed by atoms with Crippen molar-refractivity contribution in [2.24, 2.45) is 5.92 Å². The van der Waals surface area contributed by atoms with Gasteiger partial charge in [0.2, 0.25) is 11.8 Å². The zero-order chi connectivity index (χ0) is 21.5. The monoisotopic (exact) mass is 410 g/mol. The van der Waals surface area contributed by atoms with Gasteiger partial charge in [-0.1, -0.05) is 31.5 Å². The summed E-state index contributed by atoms with van der Waals surface area (Å²) < 4.78 is 10.8. The van der Waals surface area contributed by atoms with E-state index < -0.39 is 6.04 Å². The van der Waals surface area contributed by atoms with Crippen molar-refractivity contribution in [2.75, 3.05) is 25.7 Å². The molecule has 2 aromatic rings. The van der Waals surface area contributed by atoms with E-state index in [1.54, 1.807) is 19.1 Å². The fraction of sp³-hybridized carbons (Fsp3) is 0.417. The Morgan fingerprint density at radius 1 is 1.10 bits per heavy atom. The number of methoxy groups -OCH3 is 2. The third-order valence-corrected chi connectivity index (χ3v) is 5.57. The van der Waals surface area contributed by atoms with E-state index in [2.05, 4.69) is 12.2 Å². The molecule has 1 aliphatic rings. The molecule has 2 atom stereocenters. The first-order valence-electron chi connectivity index (χ1n) is 10.5. The lowest BCUT2D eigenvalue weighted by molar-refractivity contribution is -0.129. The van der Waals surface area contributed by atoms with Crippen LogP contribution in [-0.2, 0) is 9.59 Å². The molecule has 0 bridgehead atoms. The van der Waals surface area contributed by atoms with Crippen molar-refractivity contribution < 1.29 is 19.1 Å². The number of unbranched alkanes of at least 4 members (excludes halogenated alkanes) is 1. The molecular weight excluding hydrogens is 380 g/mol. The average Bonchev–Trinajstić information content (AvgIpc) is 2.79. The van der Waals surface area contributed by atoms with E-state index in [9.17, 15) is 9.59 Å². The van der Waals surface area contributed by atoms with E-state index in [1.165, 1.54) is 0 Å². The second-order valence-electron chi connectivity index (χ2n) is 7.44. The molecular formula is C24H30N2O4. The minimum atomic E-state index is -0.447. The fourth-order valence-corrected chi connectivity index (χ4v) is 4.00. The maximum absolute atomic E-state index is 13.1. The predicted molar refractivity (Wildman–Crippen MR) is 117 cm³/mol. The van der Waals surface area contributed by atoms with E-state index in [-0.39, 0.29) is 17.7 Å². The first kappa shape index (κ1) is 21.7. The summed E-state index contributed by atoms with van der Waals surface area (Å²) in [5.74, 6) is 0.991. The van der Waals surface area contributed by atoms with Crippen LogP contribution in [0, 0.1) is 5.92 Å². The lowest BCUT2D eigenvalue weighted by Gasteiger charge is -2.41. The standard InChI is InChI=1S/C24H30N2O4/c1-4-5-16-25-24(28)20-14-15-22(27)26(17-10-12-18(29-2)13-11-17)23(20)19-8-6-7-9-21(19)30-3/h6-13,20,23H,4-5,14-16H2,1-3H3,(H,25,28). The maximum Gasteiger partial charge on any atom is 0.227 e.